The van der Waals surface area contributed by atoms with Gasteiger partial charge in [-0.1, -0.05) is 0 Å². The van der Waals surface area contributed by atoms with Crippen LogP contribution < -0.4 is 22.1 Å². The van der Waals surface area contributed by atoms with E-state index >= 15 is 0 Å². The number of carbonyl (C=O) groups excluding carboxylic acids is 3. The highest BCUT2D eigenvalue weighted by Crippen LogP contribution is 2.14. The van der Waals surface area contributed by atoms with Crippen LogP contribution in [0.3, 0.4) is 0 Å². The van der Waals surface area contributed by atoms with Crippen molar-refractivity contribution in [1.29, 1.82) is 0 Å². The summed E-state index contributed by atoms with van der Waals surface area (Å²) in [5.74, 6) is -1.33. The fraction of sp³-hybridized carbons (Fsp3) is 0.400. The van der Waals surface area contributed by atoms with Crippen molar-refractivity contribution in [1.82, 2.24) is 5.32 Å². The number of alkyl carbamates (subject to hydrolysis) is 1. The number of anilines is 1. The topological polar surface area (TPSA) is 137 Å². The number of carbonyl (C=O) groups is 3. The predicted molar refractivity (Wildman–Crippen MR) is 86.2 cm³/mol. The molecular formula is C15H22N4O4. The Balaban J connectivity index is 2.59. The summed E-state index contributed by atoms with van der Waals surface area (Å²) in [7, 11) is 0. The third-order valence-electron chi connectivity index (χ3n) is 2.62. The van der Waals surface area contributed by atoms with E-state index in [-0.39, 0.29) is 11.1 Å². The molecule has 126 valence electrons. The van der Waals surface area contributed by atoms with Crippen molar-refractivity contribution in [3.63, 3.8) is 0 Å². The second-order valence-corrected chi connectivity index (χ2v) is 5.88. The van der Waals surface area contributed by atoms with Crippen LogP contribution in [0.25, 0.3) is 0 Å². The molecular weight excluding hydrogens is 300 g/mol. The average Bonchev–Trinajstić information content (AvgIpc) is 2.41. The van der Waals surface area contributed by atoms with Crippen molar-refractivity contribution in [3.8, 4) is 0 Å². The molecule has 0 aliphatic rings. The van der Waals surface area contributed by atoms with Crippen LogP contribution in [0.1, 0.15) is 41.5 Å². The molecule has 0 bridgehead atoms. The smallest absolute Gasteiger partial charge is 0.407 e. The summed E-state index contributed by atoms with van der Waals surface area (Å²) in [5.41, 5.74) is 10.7. The van der Waals surface area contributed by atoms with E-state index in [4.69, 9.17) is 16.2 Å². The average molecular weight is 322 g/mol. The van der Waals surface area contributed by atoms with Crippen molar-refractivity contribution < 1.29 is 19.1 Å². The van der Waals surface area contributed by atoms with E-state index in [0.717, 1.165) is 0 Å². The fourth-order valence-corrected chi connectivity index (χ4v) is 1.70. The third-order valence-corrected chi connectivity index (χ3v) is 2.62. The van der Waals surface area contributed by atoms with Crippen LogP contribution in [0.5, 0.6) is 0 Å². The highest BCUT2D eigenvalue weighted by atomic mass is 16.6. The van der Waals surface area contributed by atoms with Gasteiger partial charge in [-0.15, -0.1) is 0 Å². The maximum absolute atomic E-state index is 11.5. The van der Waals surface area contributed by atoms with Gasteiger partial charge in [0.1, 0.15) is 5.60 Å². The lowest BCUT2D eigenvalue weighted by molar-refractivity contribution is 0.0529. The van der Waals surface area contributed by atoms with E-state index in [1.807, 2.05) is 0 Å². The molecule has 8 heteroatoms. The lowest BCUT2D eigenvalue weighted by Crippen LogP contribution is -2.35. The van der Waals surface area contributed by atoms with Crippen LogP contribution in [0.4, 0.5) is 10.5 Å². The Morgan fingerprint density at radius 3 is 1.96 bits per heavy atom. The monoisotopic (exact) mass is 322 g/mol. The van der Waals surface area contributed by atoms with Gasteiger partial charge in [0.05, 0.1) is 0 Å². The minimum Gasteiger partial charge on any atom is -0.444 e. The van der Waals surface area contributed by atoms with Gasteiger partial charge in [0.2, 0.25) is 11.8 Å². The number of hydrogen-bond acceptors (Lipinski definition) is 5. The van der Waals surface area contributed by atoms with Crippen LogP contribution in [0, 0.1) is 0 Å². The SMILES string of the molecule is CC(C)(C)OC(=O)NCCNc1cc(C(N)=O)cc(C(N)=O)c1. The van der Waals surface area contributed by atoms with Crippen LogP contribution in [0.2, 0.25) is 0 Å². The molecule has 0 spiro atoms. The first-order chi connectivity index (χ1) is 10.6. The Morgan fingerprint density at radius 1 is 1.00 bits per heavy atom. The molecule has 0 atom stereocenters. The van der Waals surface area contributed by atoms with Crippen molar-refractivity contribution in [2.75, 3.05) is 18.4 Å². The van der Waals surface area contributed by atoms with Gasteiger partial charge in [-0.3, -0.25) is 9.59 Å². The number of hydrogen-bond donors (Lipinski definition) is 4. The summed E-state index contributed by atoms with van der Waals surface area (Å²) in [6.45, 7) is 5.96. The van der Waals surface area contributed by atoms with Crippen molar-refractivity contribution >= 4 is 23.6 Å². The molecule has 3 amide bonds. The Hall–Kier alpha value is -2.77. The van der Waals surface area contributed by atoms with Crippen LogP contribution in [-0.4, -0.2) is 36.6 Å². The quantitative estimate of drug-likeness (QED) is 0.575. The molecule has 0 aliphatic carbocycles. The first-order valence-electron chi connectivity index (χ1n) is 7.04. The normalized spacial score (nSPS) is 10.7. The van der Waals surface area contributed by atoms with Crippen LogP contribution in [-0.2, 0) is 4.74 Å². The van der Waals surface area contributed by atoms with E-state index in [0.29, 0.717) is 18.8 Å². The lowest BCUT2D eigenvalue weighted by Gasteiger charge is -2.19. The van der Waals surface area contributed by atoms with E-state index in [1.54, 1.807) is 20.8 Å². The van der Waals surface area contributed by atoms with Crippen molar-refractivity contribution in [2.45, 2.75) is 26.4 Å². The highest BCUT2D eigenvalue weighted by Gasteiger charge is 2.15. The van der Waals surface area contributed by atoms with Gasteiger partial charge in [-0.2, -0.15) is 0 Å². The molecule has 0 saturated heterocycles. The maximum Gasteiger partial charge on any atom is 0.407 e. The first-order valence-corrected chi connectivity index (χ1v) is 7.04. The Morgan fingerprint density at radius 2 is 1.52 bits per heavy atom. The second kappa shape index (κ2) is 7.48. The minimum atomic E-state index is -0.664. The zero-order valence-corrected chi connectivity index (χ0v) is 13.4. The number of nitrogens with one attached hydrogen (secondary N) is 2. The summed E-state index contributed by atoms with van der Waals surface area (Å²) in [4.78, 5) is 34.0. The molecule has 1 rings (SSSR count). The van der Waals surface area contributed by atoms with Gasteiger partial charge in [0, 0.05) is 29.9 Å². The predicted octanol–water partition coefficient (Wildman–Crippen LogP) is 0.821. The molecule has 1 aromatic rings. The largest absolute Gasteiger partial charge is 0.444 e. The zero-order chi connectivity index (χ0) is 17.6. The fourth-order valence-electron chi connectivity index (χ4n) is 1.70. The number of benzene rings is 1. The number of primary amides is 2. The van der Waals surface area contributed by atoms with Gasteiger partial charge < -0.3 is 26.8 Å². The summed E-state index contributed by atoms with van der Waals surface area (Å²) >= 11 is 0. The molecule has 0 aromatic heterocycles. The Labute approximate surface area is 134 Å². The molecule has 23 heavy (non-hydrogen) atoms. The molecule has 6 N–H and O–H groups in total. The second-order valence-electron chi connectivity index (χ2n) is 5.88. The van der Waals surface area contributed by atoms with E-state index in [1.165, 1.54) is 18.2 Å². The van der Waals surface area contributed by atoms with Gasteiger partial charge in [-0.25, -0.2) is 4.79 Å². The number of rotatable bonds is 6. The van der Waals surface area contributed by atoms with E-state index in [9.17, 15) is 14.4 Å². The van der Waals surface area contributed by atoms with Crippen LogP contribution >= 0.6 is 0 Å². The number of amides is 3. The van der Waals surface area contributed by atoms with E-state index in [2.05, 4.69) is 10.6 Å². The maximum atomic E-state index is 11.5. The lowest BCUT2D eigenvalue weighted by atomic mass is 10.1. The van der Waals surface area contributed by atoms with Crippen molar-refractivity contribution in [3.05, 3.63) is 29.3 Å². The van der Waals surface area contributed by atoms with Crippen LogP contribution in [0.15, 0.2) is 18.2 Å². The van der Waals surface area contributed by atoms with Gasteiger partial charge in [-0.05, 0) is 39.0 Å². The molecule has 0 heterocycles. The standard InChI is InChI=1S/C15H22N4O4/c1-15(2,3)23-14(22)19-5-4-18-11-7-9(12(16)20)6-10(8-11)13(17)21/h6-8,18H,4-5H2,1-3H3,(H2,16,20)(H2,17,21)(H,19,22). The van der Waals surface area contributed by atoms with E-state index < -0.39 is 23.5 Å². The van der Waals surface area contributed by atoms with Gasteiger partial charge in [0.25, 0.3) is 0 Å². The molecule has 0 unspecified atom stereocenters. The highest BCUT2D eigenvalue weighted by molar-refractivity contribution is 5.99. The molecule has 0 radical (unpaired) electrons. The first kappa shape index (κ1) is 18.3. The Bertz CT molecular complexity index is 576. The third kappa shape index (κ3) is 6.68. The molecule has 0 aliphatic heterocycles. The van der Waals surface area contributed by atoms with Gasteiger partial charge >= 0.3 is 6.09 Å². The summed E-state index contributed by atoms with van der Waals surface area (Å²) < 4.78 is 5.09. The molecule has 1 aromatic carbocycles. The van der Waals surface area contributed by atoms with Crippen molar-refractivity contribution in [2.24, 2.45) is 11.5 Å². The minimum absolute atomic E-state index is 0.170. The number of nitrogens with two attached hydrogens (primary N) is 2. The summed E-state index contributed by atoms with van der Waals surface area (Å²) in [5, 5.41) is 5.54. The summed E-state index contributed by atoms with van der Waals surface area (Å²) in [6, 6.07) is 4.33. The molecule has 0 saturated carbocycles. The zero-order valence-electron chi connectivity index (χ0n) is 13.4. The molecule has 8 nitrogen and oxygen atoms in total. The van der Waals surface area contributed by atoms with Gasteiger partial charge in [0.15, 0.2) is 0 Å². The molecule has 0 fully saturated rings. The number of ether oxygens (including phenoxy) is 1. The summed E-state index contributed by atoms with van der Waals surface area (Å²) in [6.07, 6.45) is -0.525. The Kier molecular flexibility index (Phi) is 5.94.